The summed E-state index contributed by atoms with van der Waals surface area (Å²) in [6.45, 7) is 1.23. The second-order valence-electron chi connectivity index (χ2n) is 7.99. The molecule has 0 aliphatic carbocycles. The second-order valence-corrected chi connectivity index (χ2v) is 8.93. The zero-order valence-electron chi connectivity index (χ0n) is 18.8. The van der Waals surface area contributed by atoms with Gasteiger partial charge in [0.25, 0.3) is 5.91 Å². The molecule has 0 radical (unpaired) electrons. The normalized spacial score (nSPS) is 15.0. The number of carbonyl (C=O) groups is 2. The van der Waals surface area contributed by atoms with Crippen LogP contribution in [0.2, 0.25) is 0 Å². The Balaban J connectivity index is 1.24. The minimum atomic E-state index is -0.424. The fourth-order valence-electron chi connectivity index (χ4n) is 3.73. The Morgan fingerprint density at radius 1 is 1.00 bits per heavy atom. The van der Waals surface area contributed by atoms with Crippen molar-refractivity contribution in [3.05, 3.63) is 77.9 Å². The number of benzene rings is 2. The Labute approximate surface area is 206 Å². The molecule has 3 N–H and O–H groups in total. The van der Waals surface area contributed by atoms with Crippen LogP contribution in [0.3, 0.4) is 0 Å². The lowest BCUT2D eigenvalue weighted by Crippen LogP contribution is -2.35. The summed E-state index contributed by atoms with van der Waals surface area (Å²) in [6, 6.07) is 20.0. The van der Waals surface area contributed by atoms with Crippen LogP contribution in [0.5, 0.6) is 0 Å². The molecule has 2 aromatic heterocycles. The van der Waals surface area contributed by atoms with Crippen molar-refractivity contribution in [2.24, 2.45) is 0 Å². The fourth-order valence-corrected chi connectivity index (χ4v) is 4.43. The number of anilines is 2. The minimum absolute atomic E-state index is 0.0629. The van der Waals surface area contributed by atoms with Gasteiger partial charge in [0.2, 0.25) is 5.82 Å². The van der Waals surface area contributed by atoms with Gasteiger partial charge < -0.3 is 20.7 Å². The monoisotopic (exact) mass is 488 g/mol. The lowest BCUT2D eigenvalue weighted by atomic mass is 10.2. The summed E-state index contributed by atoms with van der Waals surface area (Å²) < 4.78 is 7.17. The van der Waals surface area contributed by atoms with Crippen LogP contribution < -0.4 is 16.0 Å². The molecule has 1 aliphatic heterocycles. The Morgan fingerprint density at radius 2 is 1.77 bits per heavy atom. The van der Waals surface area contributed by atoms with Gasteiger partial charge in [-0.2, -0.15) is 0 Å². The Kier molecular flexibility index (Phi) is 6.82. The van der Waals surface area contributed by atoms with Crippen molar-refractivity contribution in [2.75, 3.05) is 23.8 Å². The fraction of sp³-hybridized carbons (Fsp3) is 0.200. The molecule has 5 rings (SSSR count). The Hall–Kier alpha value is -4.02. The van der Waals surface area contributed by atoms with E-state index < -0.39 is 5.91 Å². The van der Waals surface area contributed by atoms with Crippen LogP contribution in [-0.4, -0.2) is 46.0 Å². The average Bonchev–Trinajstić information content (AvgIpc) is 3.66. The highest BCUT2D eigenvalue weighted by atomic mass is 32.1. The first kappa shape index (κ1) is 22.8. The van der Waals surface area contributed by atoms with Crippen LogP contribution in [0.4, 0.5) is 16.2 Å². The highest BCUT2D eigenvalue weighted by Gasteiger charge is 2.20. The molecule has 35 heavy (non-hydrogen) atoms. The van der Waals surface area contributed by atoms with Gasteiger partial charge in [-0.25, -0.2) is 14.5 Å². The molecular weight excluding hydrogens is 464 g/mol. The van der Waals surface area contributed by atoms with Crippen molar-refractivity contribution in [2.45, 2.75) is 18.9 Å². The summed E-state index contributed by atoms with van der Waals surface area (Å²) in [5, 5.41) is 14.8. The van der Waals surface area contributed by atoms with Crippen LogP contribution >= 0.6 is 11.3 Å². The van der Waals surface area contributed by atoms with Crippen molar-refractivity contribution < 1.29 is 14.3 Å². The largest absolute Gasteiger partial charge is 0.376 e. The molecule has 0 saturated carbocycles. The second kappa shape index (κ2) is 10.5. The lowest BCUT2D eigenvalue weighted by Gasteiger charge is -2.12. The van der Waals surface area contributed by atoms with Gasteiger partial charge in [0, 0.05) is 24.5 Å². The number of nitrogens with one attached hydrogen (secondary N) is 3. The van der Waals surface area contributed by atoms with Crippen molar-refractivity contribution in [1.82, 2.24) is 20.1 Å². The number of thiophene rings is 1. The van der Waals surface area contributed by atoms with E-state index in [-0.39, 0.29) is 18.0 Å². The first-order chi connectivity index (χ1) is 17.2. The molecule has 1 fully saturated rings. The topological polar surface area (TPSA) is 110 Å². The molecule has 9 nitrogen and oxygen atoms in total. The number of para-hydroxylation sites is 1. The zero-order valence-corrected chi connectivity index (χ0v) is 19.6. The van der Waals surface area contributed by atoms with E-state index in [0.717, 1.165) is 30.0 Å². The van der Waals surface area contributed by atoms with E-state index in [0.29, 0.717) is 23.7 Å². The van der Waals surface area contributed by atoms with Gasteiger partial charge in [0.05, 0.1) is 16.7 Å². The maximum atomic E-state index is 12.9. The van der Waals surface area contributed by atoms with Gasteiger partial charge in [-0.05, 0) is 60.7 Å². The third kappa shape index (κ3) is 5.56. The van der Waals surface area contributed by atoms with Crippen molar-refractivity contribution >= 4 is 34.6 Å². The first-order valence-electron chi connectivity index (χ1n) is 11.3. The number of amides is 3. The van der Waals surface area contributed by atoms with E-state index in [1.165, 1.54) is 11.3 Å². The molecule has 178 valence electrons. The molecule has 0 spiro atoms. The number of nitrogens with zero attached hydrogens (tertiary/aromatic N) is 3. The van der Waals surface area contributed by atoms with Crippen molar-refractivity contribution in [1.29, 1.82) is 0 Å². The predicted molar refractivity (Wildman–Crippen MR) is 135 cm³/mol. The number of ether oxygens (including phenoxy) is 1. The van der Waals surface area contributed by atoms with Crippen LogP contribution in [0, 0.1) is 0 Å². The standard InChI is InChI=1S/C25H24N6O3S/c32-24(22-29-23(21-9-5-15-35-21)31(30-22)19-6-2-1-3-7-19)27-17-10-12-18(13-11-17)28-25(33)26-16-20-8-4-14-34-20/h1-3,5-7,9-13,15,20H,4,8,14,16H2,(H,27,32)(H2,26,28,33). The number of hydrogen-bond acceptors (Lipinski definition) is 6. The van der Waals surface area contributed by atoms with Crippen molar-refractivity contribution in [3.63, 3.8) is 0 Å². The number of rotatable bonds is 7. The molecule has 1 saturated heterocycles. The van der Waals surface area contributed by atoms with E-state index in [2.05, 4.69) is 26.0 Å². The highest BCUT2D eigenvalue weighted by Crippen LogP contribution is 2.26. The summed E-state index contributed by atoms with van der Waals surface area (Å²) in [4.78, 5) is 30.4. The third-order valence-corrected chi connectivity index (χ3v) is 6.33. The number of carbonyl (C=O) groups excluding carboxylic acids is 2. The van der Waals surface area contributed by atoms with Gasteiger partial charge in [-0.3, -0.25) is 4.79 Å². The molecule has 1 atom stereocenters. The molecule has 3 amide bonds. The van der Waals surface area contributed by atoms with E-state index >= 15 is 0 Å². The SMILES string of the molecule is O=C(NCC1CCCO1)Nc1ccc(NC(=O)c2nc(-c3cccs3)n(-c3ccccc3)n2)cc1. The quantitative estimate of drug-likeness (QED) is 0.354. The van der Waals surface area contributed by atoms with Gasteiger partial charge in [-0.15, -0.1) is 16.4 Å². The molecule has 0 bridgehead atoms. The molecular formula is C25H24N6O3S. The predicted octanol–water partition coefficient (Wildman–Crippen LogP) is 4.55. The van der Waals surface area contributed by atoms with Crippen LogP contribution in [0.25, 0.3) is 16.4 Å². The number of urea groups is 1. The number of hydrogen-bond donors (Lipinski definition) is 3. The van der Waals surface area contributed by atoms with Crippen molar-refractivity contribution in [3.8, 4) is 16.4 Å². The molecule has 4 aromatic rings. The smallest absolute Gasteiger partial charge is 0.319 e. The molecule has 1 unspecified atom stereocenters. The molecule has 3 heterocycles. The van der Waals surface area contributed by atoms with Gasteiger partial charge in [-0.1, -0.05) is 24.3 Å². The summed E-state index contributed by atoms with van der Waals surface area (Å²) in [6.07, 6.45) is 2.07. The van der Waals surface area contributed by atoms with Gasteiger partial charge in [0.15, 0.2) is 5.82 Å². The summed E-state index contributed by atoms with van der Waals surface area (Å²) >= 11 is 1.53. The molecule has 2 aromatic carbocycles. The average molecular weight is 489 g/mol. The summed E-state index contributed by atoms with van der Waals surface area (Å²) in [5.41, 5.74) is 1.99. The Bertz CT molecular complexity index is 1280. The first-order valence-corrected chi connectivity index (χ1v) is 12.2. The molecule has 1 aliphatic rings. The van der Waals surface area contributed by atoms with E-state index in [1.807, 2.05) is 47.8 Å². The lowest BCUT2D eigenvalue weighted by molar-refractivity contribution is 0.101. The zero-order chi connectivity index (χ0) is 24.0. The molecule has 10 heteroatoms. The van der Waals surface area contributed by atoms with E-state index in [9.17, 15) is 9.59 Å². The maximum absolute atomic E-state index is 12.9. The highest BCUT2D eigenvalue weighted by molar-refractivity contribution is 7.13. The van der Waals surface area contributed by atoms with Gasteiger partial charge in [0.1, 0.15) is 0 Å². The van der Waals surface area contributed by atoms with Crippen LogP contribution in [-0.2, 0) is 4.74 Å². The van der Waals surface area contributed by atoms with Crippen LogP contribution in [0.15, 0.2) is 72.1 Å². The van der Waals surface area contributed by atoms with E-state index in [4.69, 9.17) is 4.74 Å². The third-order valence-electron chi connectivity index (χ3n) is 5.47. The van der Waals surface area contributed by atoms with Gasteiger partial charge >= 0.3 is 6.03 Å². The summed E-state index contributed by atoms with van der Waals surface area (Å²) in [7, 11) is 0. The maximum Gasteiger partial charge on any atom is 0.319 e. The minimum Gasteiger partial charge on any atom is -0.376 e. The van der Waals surface area contributed by atoms with Crippen LogP contribution in [0.1, 0.15) is 23.5 Å². The number of aromatic nitrogens is 3. The summed E-state index contributed by atoms with van der Waals surface area (Å²) in [5.74, 6) is 0.241. The van der Waals surface area contributed by atoms with E-state index in [1.54, 1.807) is 28.9 Å². The Morgan fingerprint density at radius 3 is 2.46 bits per heavy atom.